The summed E-state index contributed by atoms with van der Waals surface area (Å²) in [7, 11) is 0. The lowest BCUT2D eigenvalue weighted by Gasteiger charge is -2.25. The highest BCUT2D eigenvalue weighted by molar-refractivity contribution is 5.77. The minimum Gasteiger partial charge on any atom is -0.494 e. The summed E-state index contributed by atoms with van der Waals surface area (Å²) in [6.07, 6.45) is 3.06. The molecule has 0 aliphatic carbocycles. The standard InChI is InChI=1S/C21H24FNO2/c1-2-25-20-8-4-3-6-17(20)11-14-21(24)23-15-5-7-19(23)16-9-12-18(22)13-10-16/h3-4,6,8-10,12-13,19H,2,5,7,11,14-15H2,1H3. The van der Waals surface area contributed by atoms with Crippen molar-refractivity contribution in [2.24, 2.45) is 0 Å². The summed E-state index contributed by atoms with van der Waals surface area (Å²) in [6, 6.07) is 14.5. The molecule has 0 aromatic heterocycles. The summed E-state index contributed by atoms with van der Waals surface area (Å²) in [5.41, 5.74) is 2.08. The maximum Gasteiger partial charge on any atom is 0.223 e. The van der Waals surface area contributed by atoms with Gasteiger partial charge in [0, 0.05) is 13.0 Å². The molecule has 1 atom stereocenters. The molecule has 1 fully saturated rings. The Morgan fingerprint density at radius 2 is 1.96 bits per heavy atom. The normalized spacial score (nSPS) is 16.9. The van der Waals surface area contributed by atoms with Crippen molar-refractivity contribution in [1.29, 1.82) is 0 Å². The van der Waals surface area contributed by atoms with E-state index in [2.05, 4.69) is 0 Å². The number of para-hydroxylation sites is 1. The molecule has 1 saturated heterocycles. The lowest BCUT2D eigenvalue weighted by atomic mass is 10.0. The summed E-state index contributed by atoms with van der Waals surface area (Å²) in [5, 5.41) is 0. The molecule has 132 valence electrons. The monoisotopic (exact) mass is 341 g/mol. The first-order chi connectivity index (χ1) is 12.2. The van der Waals surface area contributed by atoms with E-state index in [9.17, 15) is 9.18 Å². The molecule has 2 aromatic rings. The van der Waals surface area contributed by atoms with Crippen LogP contribution in [-0.4, -0.2) is 24.0 Å². The predicted octanol–water partition coefficient (Wildman–Crippen LogP) is 4.52. The van der Waals surface area contributed by atoms with Gasteiger partial charge in [-0.05, 0) is 55.5 Å². The summed E-state index contributed by atoms with van der Waals surface area (Å²) in [6.45, 7) is 3.34. The van der Waals surface area contributed by atoms with E-state index in [0.29, 0.717) is 19.4 Å². The fraction of sp³-hybridized carbons (Fsp3) is 0.381. The smallest absolute Gasteiger partial charge is 0.223 e. The molecule has 0 spiro atoms. The molecule has 0 bridgehead atoms. The quantitative estimate of drug-likeness (QED) is 0.773. The molecule has 1 aliphatic rings. The number of halogens is 1. The van der Waals surface area contributed by atoms with Crippen molar-refractivity contribution in [2.45, 2.75) is 38.6 Å². The van der Waals surface area contributed by atoms with Gasteiger partial charge in [0.2, 0.25) is 5.91 Å². The number of hydrogen-bond acceptors (Lipinski definition) is 2. The molecule has 0 N–H and O–H groups in total. The number of benzene rings is 2. The van der Waals surface area contributed by atoms with Gasteiger partial charge in [-0.15, -0.1) is 0 Å². The van der Waals surface area contributed by atoms with E-state index in [0.717, 1.165) is 36.3 Å². The second kappa shape index (κ2) is 8.15. The fourth-order valence-electron chi connectivity index (χ4n) is 3.49. The molecular formula is C21H24FNO2. The Kier molecular flexibility index (Phi) is 5.69. The first-order valence-corrected chi connectivity index (χ1v) is 8.94. The first kappa shape index (κ1) is 17.5. The Morgan fingerprint density at radius 1 is 1.20 bits per heavy atom. The van der Waals surface area contributed by atoms with Gasteiger partial charge in [0.25, 0.3) is 0 Å². The SMILES string of the molecule is CCOc1ccccc1CCC(=O)N1CCCC1c1ccc(F)cc1. The highest BCUT2D eigenvalue weighted by atomic mass is 19.1. The Morgan fingerprint density at radius 3 is 2.72 bits per heavy atom. The number of rotatable bonds is 6. The largest absolute Gasteiger partial charge is 0.494 e. The van der Waals surface area contributed by atoms with Crippen LogP contribution in [0.5, 0.6) is 5.75 Å². The van der Waals surface area contributed by atoms with Crippen molar-refractivity contribution < 1.29 is 13.9 Å². The molecule has 1 heterocycles. The highest BCUT2D eigenvalue weighted by Crippen LogP contribution is 2.33. The third kappa shape index (κ3) is 4.19. The summed E-state index contributed by atoms with van der Waals surface area (Å²) < 4.78 is 18.8. The van der Waals surface area contributed by atoms with Crippen molar-refractivity contribution in [2.75, 3.05) is 13.2 Å². The van der Waals surface area contributed by atoms with Crippen molar-refractivity contribution in [3.05, 3.63) is 65.5 Å². The average Bonchev–Trinajstić information content (AvgIpc) is 3.11. The van der Waals surface area contributed by atoms with Crippen LogP contribution >= 0.6 is 0 Å². The summed E-state index contributed by atoms with van der Waals surface area (Å²) in [5.74, 6) is 0.764. The molecule has 0 saturated carbocycles. The number of nitrogens with zero attached hydrogens (tertiary/aromatic N) is 1. The minimum absolute atomic E-state index is 0.0650. The number of hydrogen-bond donors (Lipinski definition) is 0. The van der Waals surface area contributed by atoms with E-state index < -0.39 is 0 Å². The second-order valence-electron chi connectivity index (χ2n) is 6.34. The topological polar surface area (TPSA) is 29.5 Å². The highest BCUT2D eigenvalue weighted by Gasteiger charge is 2.29. The Hall–Kier alpha value is -2.36. The van der Waals surface area contributed by atoms with Crippen LogP contribution in [0.4, 0.5) is 4.39 Å². The van der Waals surface area contributed by atoms with Gasteiger partial charge in [-0.2, -0.15) is 0 Å². The third-order valence-corrected chi connectivity index (χ3v) is 4.71. The molecule has 0 radical (unpaired) electrons. The van der Waals surface area contributed by atoms with Crippen LogP contribution in [0, 0.1) is 5.82 Å². The fourth-order valence-corrected chi connectivity index (χ4v) is 3.49. The second-order valence-corrected chi connectivity index (χ2v) is 6.34. The van der Waals surface area contributed by atoms with Gasteiger partial charge in [0.15, 0.2) is 0 Å². The predicted molar refractivity (Wildman–Crippen MR) is 96.0 cm³/mol. The minimum atomic E-state index is -0.243. The van der Waals surface area contributed by atoms with Crippen LogP contribution in [0.2, 0.25) is 0 Å². The van der Waals surface area contributed by atoms with Crippen LogP contribution in [0.1, 0.15) is 43.4 Å². The van der Waals surface area contributed by atoms with Gasteiger partial charge in [0.1, 0.15) is 11.6 Å². The van der Waals surface area contributed by atoms with Gasteiger partial charge in [-0.3, -0.25) is 4.79 Å². The van der Waals surface area contributed by atoms with Crippen LogP contribution < -0.4 is 4.74 Å². The molecule has 3 nitrogen and oxygen atoms in total. The zero-order valence-electron chi connectivity index (χ0n) is 14.6. The van der Waals surface area contributed by atoms with Gasteiger partial charge in [-0.1, -0.05) is 30.3 Å². The van der Waals surface area contributed by atoms with Gasteiger partial charge >= 0.3 is 0 Å². The van der Waals surface area contributed by atoms with Crippen LogP contribution in [0.15, 0.2) is 48.5 Å². The summed E-state index contributed by atoms with van der Waals surface area (Å²) >= 11 is 0. The third-order valence-electron chi connectivity index (χ3n) is 4.71. The van der Waals surface area contributed by atoms with E-state index in [1.165, 1.54) is 12.1 Å². The van der Waals surface area contributed by atoms with Crippen molar-refractivity contribution in [3.63, 3.8) is 0 Å². The number of likely N-dealkylation sites (tertiary alicyclic amines) is 1. The summed E-state index contributed by atoms with van der Waals surface area (Å²) in [4.78, 5) is 14.7. The van der Waals surface area contributed by atoms with Crippen molar-refractivity contribution >= 4 is 5.91 Å². The molecule has 1 aliphatic heterocycles. The maximum absolute atomic E-state index is 13.1. The molecule has 4 heteroatoms. The van der Waals surface area contributed by atoms with E-state index in [4.69, 9.17) is 4.74 Å². The van der Waals surface area contributed by atoms with E-state index in [1.807, 2.05) is 36.1 Å². The van der Waals surface area contributed by atoms with Gasteiger partial charge < -0.3 is 9.64 Å². The number of aryl methyl sites for hydroxylation is 1. The Labute approximate surface area is 148 Å². The number of ether oxygens (including phenoxy) is 1. The van der Waals surface area contributed by atoms with Crippen LogP contribution in [0.25, 0.3) is 0 Å². The Balaban J connectivity index is 1.65. The van der Waals surface area contributed by atoms with Crippen molar-refractivity contribution in [3.8, 4) is 5.75 Å². The molecule has 1 amide bonds. The lowest BCUT2D eigenvalue weighted by Crippen LogP contribution is -2.30. The molecule has 2 aromatic carbocycles. The Bertz CT molecular complexity index is 714. The number of amides is 1. The van der Waals surface area contributed by atoms with Gasteiger partial charge in [0.05, 0.1) is 12.6 Å². The average molecular weight is 341 g/mol. The zero-order valence-corrected chi connectivity index (χ0v) is 14.6. The molecule has 3 rings (SSSR count). The number of carbonyl (C=O) groups excluding carboxylic acids is 1. The van der Waals surface area contributed by atoms with E-state index >= 15 is 0 Å². The molecular weight excluding hydrogens is 317 g/mol. The zero-order chi connectivity index (χ0) is 17.6. The first-order valence-electron chi connectivity index (χ1n) is 8.94. The van der Waals surface area contributed by atoms with Crippen LogP contribution in [-0.2, 0) is 11.2 Å². The van der Waals surface area contributed by atoms with E-state index in [1.54, 1.807) is 12.1 Å². The van der Waals surface area contributed by atoms with E-state index in [-0.39, 0.29) is 17.8 Å². The lowest BCUT2D eigenvalue weighted by molar-refractivity contribution is -0.132. The van der Waals surface area contributed by atoms with Crippen molar-refractivity contribution in [1.82, 2.24) is 4.90 Å². The maximum atomic E-state index is 13.1. The van der Waals surface area contributed by atoms with Gasteiger partial charge in [-0.25, -0.2) is 4.39 Å². The molecule has 25 heavy (non-hydrogen) atoms. The molecule has 1 unspecified atom stereocenters. The number of carbonyl (C=O) groups is 1. The van der Waals surface area contributed by atoms with Crippen LogP contribution in [0.3, 0.4) is 0 Å².